The Morgan fingerprint density at radius 2 is 1.86 bits per heavy atom. The number of hydrogen-bond donors (Lipinski definition) is 2. The minimum atomic E-state index is -0.303. The van der Waals surface area contributed by atoms with Crippen LogP contribution >= 0.6 is 23.2 Å². The van der Waals surface area contributed by atoms with Crippen molar-refractivity contribution < 1.29 is 19.0 Å². The molecule has 2 aromatic carbocycles. The van der Waals surface area contributed by atoms with E-state index in [1.54, 1.807) is 37.6 Å². The molecule has 0 spiro atoms. The Kier molecular flexibility index (Phi) is 9.90. The highest BCUT2D eigenvalue weighted by atomic mass is 35.5. The number of fused-ring (bicyclic) bond motifs is 1. The van der Waals surface area contributed by atoms with Crippen molar-refractivity contribution in [2.24, 2.45) is 5.41 Å². The molecular formula is C27H33Cl2N3O4. The number of hydrogen-bond acceptors (Lipinski definition) is 5. The summed E-state index contributed by atoms with van der Waals surface area (Å²) in [4.78, 5) is 16.7. The SMILES string of the molecule is COc1cc2c(Oc3ccc(NC(=O)NCCC(C)(C)C)c(Cl)c3)ccnc2cc1OCCCCCl. The summed E-state index contributed by atoms with van der Waals surface area (Å²) in [6.45, 7) is 7.50. The lowest BCUT2D eigenvalue weighted by atomic mass is 9.92. The molecule has 0 saturated carbocycles. The van der Waals surface area contributed by atoms with Gasteiger partial charge in [-0.1, -0.05) is 32.4 Å². The van der Waals surface area contributed by atoms with Gasteiger partial charge in [0, 0.05) is 36.1 Å². The van der Waals surface area contributed by atoms with Gasteiger partial charge in [-0.15, -0.1) is 11.6 Å². The number of pyridine rings is 1. The van der Waals surface area contributed by atoms with Crippen molar-refractivity contribution >= 4 is 45.8 Å². The van der Waals surface area contributed by atoms with Crippen molar-refractivity contribution in [1.29, 1.82) is 0 Å². The van der Waals surface area contributed by atoms with Crippen molar-refractivity contribution in [2.45, 2.75) is 40.0 Å². The molecule has 9 heteroatoms. The van der Waals surface area contributed by atoms with Crippen molar-refractivity contribution in [3.63, 3.8) is 0 Å². The first-order valence-corrected chi connectivity index (χ1v) is 12.8. The zero-order valence-corrected chi connectivity index (χ0v) is 22.6. The van der Waals surface area contributed by atoms with Gasteiger partial charge in [-0.2, -0.15) is 0 Å². The van der Waals surface area contributed by atoms with Gasteiger partial charge in [-0.25, -0.2) is 4.79 Å². The highest BCUT2D eigenvalue weighted by molar-refractivity contribution is 6.33. The lowest BCUT2D eigenvalue weighted by molar-refractivity contribution is 0.250. The Hall–Kier alpha value is -2.90. The van der Waals surface area contributed by atoms with Gasteiger partial charge < -0.3 is 24.8 Å². The topological polar surface area (TPSA) is 81.7 Å². The molecule has 0 fully saturated rings. The van der Waals surface area contributed by atoms with E-state index in [2.05, 4.69) is 36.4 Å². The second-order valence-corrected chi connectivity index (χ2v) is 10.3. The van der Waals surface area contributed by atoms with Crippen LogP contribution in [0.1, 0.15) is 40.0 Å². The van der Waals surface area contributed by atoms with Gasteiger partial charge in [-0.05, 0) is 48.9 Å². The number of amides is 2. The number of methoxy groups -OCH3 is 1. The molecule has 0 bridgehead atoms. The molecule has 2 N–H and O–H groups in total. The van der Waals surface area contributed by atoms with E-state index in [0.29, 0.717) is 58.3 Å². The van der Waals surface area contributed by atoms with E-state index >= 15 is 0 Å². The Bertz CT molecular complexity index is 1180. The van der Waals surface area contributed by atoms with Crippen LogP contribution in [0.5, 0.6) is 23.0 Å². The molecule has 3 rings (SSSR count). The number of aromatic nitrogens is 1. The Labute approximate surface area is 222 Å². The number of urea groups is 1. The van der Waals surface area contributed by atoms with Gasteiger partial charge in [0.15, 0.2) is 11.5 Å². The maximum atomic E-state index is 12.2. The molecule has 2 amide bonds. The predicted octanol–water partition coefficient (Wildman–Crippen LogP) is 7.64. The summed E-state index contributed by atoms with van der Waals surface area (Å²) in [5.74, 6) is 2.91. The molecule has 0 atom stereocenters. The fraction of sp³-hybridized carbons (Fsp3) is 0.407. The van der Waals surface area contributed by atoms with E-state index < -0.39 is 0 Å². The number of carbonyl (C=O) groups excluding carboxylic acids is 1. The summed E-state index contributed by atoms with van der Waals surface area (Å²) in [5.41, 5.74) is 1.34. The molecule has 3 aromatic rings. The number of halogens is 2. The monoisotopic (exact) mass is 533 g/mol. The van der Waals surface area contributed by atoms with Gasteiger partial charge in [0.1, 0.15) is 11.5 Å². The number of unbranched alkanes of at least 4 members (excludes halogenated alkanes) is 1. The molecule has 1 aromatic heterocycles. The standard InChI is InChI=1S/C27H33Cl2N3O4/c1-27(2,3)10-13-31-26(33)32-21-8-7-18(15-20(21)29)36-23-9-12-30-22-17-25(35-14-6-5-11-28)24(34-4)16-19(22)23/h7-9,12,15-17H,5-6,10-11,13-14H2,1-4H3,(H2,31,32,33). The number of anilines is 1. The highest BCUT2D eigenvalue weighted by Gasteiger charge is 2.14. The van der Waals surface area contributed by atoms with Crippen LogP contribution in [-0.4, -0.2) is 37.2 Å². The zero-order chi connectivity index (χ0) is 26.1. The van der Waals surface area contributed by atoms with Gasteiger partial charge in [0.2, 0.25) is 0 Å². The second kappa shape index (κ2) is 12.9. The molecule has 0 unspecified atom stereocenters. The lowest BCUT2D eigenvalue weighted by Gasteiger charge is -2.18. The second-order valence-electron chi connectivity index (χ2n) is 9.51. The number of nitrogens with zero attached hydrogens (tertiary/aromatic N) is 1. The summed E-state index contributed by atoms with van der Waals surface area (Å²) in [7, 11) is 1.59. The van der Waals surface area contributed by atoms with E-state index in [4.69, 9.17) is 37.4 Å². The van der Waals surface area contributed by atoms with E-state index in [9.17, 15) is 4.79 Å². The van der Waals surface area contributed by atoms with Crippen LogP contribution in [0.25, 0.3) is 10.9 Å². The van der Waals surface area contributed by atoms with Crippen molar-refractivity contribution in [2.75, 3.05) is 31.5 Å². The number of nitrogens with one attached hydrogen (secondary N) is 2. The van der Waals surface area contributed by atoms with Crippen LogP contribution in [0.3, 0.4) is 0 Å². The molecule has 194 valence electrons. The number of ether oxygens (including phenoxy) is 3. The largest absolute Gasteiger partial charge is 0.493 e. The molecule has 36 heavy (non-hydrogen) atoms. The van der Waals surface area contributed by atoms with E-state index in [-0.39, 0.29) is 11.4 Å². The van der Waals surface area contributed by atoms with Crippen molar-refractivity contribution in [3.8, 4) is 23.0 Å². The number of benzene rings is 2. The first kappa shape index (κ1) is 27.7. The van der Waals surface area contributed by atoms with Gasteiger partial charge in [-0.3, -0.25) is 4.98 Å². The van der Waals surface area contributed by atoms with Crippen LogP contribution in [0.4, 0.5) is 10.5 Å². The van der Waals surface area contributed by atoms with Crippen LogP contribution in [0.15, 0.2) is 42.6 Å². The van der Waals surface area contributed by atoms with Crippen LogP contribution in [-0.2, 0) is 0 Å². The molecule has 1 heterocycles. The van der Waals surface area contributed by atoms with Gasteiger partial charge in [0.25, 0.3) is 0 Å². The average Bonchev–Trinajstić information content (AvgIpc) is 2.82. The third kappa shape index (κ3) is 8.07. The van der Waals surface area contributed by atoms with Crippen molar-refractivity contribution in [3.05, 3.63) is 47.6 Å². The molecule has 0 aliphatic carbocycles. The molecular weight excluding hydrogens is 501 g/mol. The number of carbonyl (C=O) groups is 1. The molecule has 0 aliphatic heterocycles. The highest BCUT2D eigenvalue weighted by Crippen LogP contribution is 2.38. The number of alkyl halides is 1. The van der Waals surface area contributed by atoms with E-state index in [0.717, 1.165) is 24.6 Å². The normalized spacial score (nSPS) is 11.3. The Morgan fingerprint density at radius 1 is 1.06 bits per heavy atom. The summed E-state index contributed by atoms with van der Waals surface area (Å²) >= 11 is 12.2. The molecule has 0 saturated heterocycles. The minimum Gasteiger partial charge on any atom is -0.493 e. The summed E-state index contributed by atoms with van der Waals surface area (Å²) in [6.07, 6.45) is 4.27. The third-order valence-electron chi connectivity index (χ3n) is 5.35. The maximum absolute atomic E-state index is 12.2. The van der Waals surface area contributed by atoms with Crippen LogP contribution in [0, 0.1) is 5.41 Å². The fourth-order valence-corrected chi connectivity index (χ4v) is 3.78. The summed E-state index contributed by atoms with van der Waals surface area (Å²) in [6, 6.07) is 10.2. The fourth-order valence-electron chi connectivity index (χ4n) is 3.37. The predicted molar refractivity (Wildman–Crippen MR) is 146 cm³/mol. The first-order chi connectivity index (χ1) is 17.2. The quantitative estimate of drug-likeness (QED) is 0.195. The smallest absolute Gasteiger partial charge is 0.319 e. The summed E-state index contributed by atoms with van der Waals surface area (Å²) in [5, 5.41) is 6.75. The van der Waals surface area contributed by atoms with Crippen LogP contribution < -0.4 is 24.8 Å². The molecule has 0 aliphatic rings. The van der Waals surface area contributed by atoms with Crippen LogP contribution in [0.2, 0.25) is 5.02 Å². The lowest BCUT2D eigenvalue weighted by Crippen LogP contribution is -2.31. The van der Waals surface area contributed by atoms with Gasteiger partial charge >= 0.3 is 6.03 Å². The first-order valence-electron chi connectivity index (χ1n) is 11.9. The third-order valence-corrected chi connectivity index (χ3v) is 5.93. The molecule has 7 nitrogen and oxygen atoms in total. The Morgan fingerprint density at radius 3 is 2.56 bits per heavy atom. The van der Waals surface area contributed by atoms with Crippen molar-refractivity contribution in [1.82, 2.24) is 10.3 Å². The number of rotatable bonds is 11. The average molecular weight is 534 g/mol. The maximum Gasteiger partial charge on any atom is 0.319 e. The van der Waals surface area contributed by atoms with E-state index in [1.807, 2.05) is 12.1 Å². The Balaban J connectivity index is 1.72. The van der Waals surface area contributed by atoms with Gasteiger partial charge in [0.05, 0.1) is 29.9 Å². The minimum absolute atomic E-state index is 0.143. The zero-order valence-electron chi connectivity index (χ0n) is 21.1. The summed E-state index contributed by atoms with van der Waals surface area (Å²) < 4.78 is 17.5. The molecule has 0 radical (unpaired) electrons. The van der Waals surface area contributed by atoms with E-state index in [1.165, 1.54) is 0 Å².